The van der Waals surface area contributed by atoms with Gasteiger partial charge in [0.05, 0.1) is 12.1 Å². The summed E-state index contributed by atoms with van der Waals surface area (Å²) in [5.74, 6) is 1.69. The highest BCUT2D eigenvalue weighted by Gasteiger charge is 2.48. The van der Waals surface area contributed by atoms with E-state index in [0.717, 1.165) is 42.6 Å². The van der Waals surface area contributed by atoms with Crippen LogP contribution in [0.15, 0.2) is 49.1 Å². The molecule has 0 atom stereocenters. The van der Waals surface area contributed by atoms with Crippen LogP contribution in [0.2, 0.25) is 0 Å². The Morgan fingerprint density at radius 2 is 1.91 bits per heavy atom. The van der Waals surface area contributed by atoms with Gasteiger partial charge in [-0.25, -0.2) is 4.98 Å². The number of carbonyl (C=O) groups is 1. The summed E-state index contributed by atoms with van der Waals surface area (Å²) in [5, 5.41) is 11.7. The van der Waals surface area contributed by atoms with E-state index in [4.69, 9.17) is 4.98 Å². The number of hydrogen-bond acceptors (Lipinski definition) is 7. The first kappa shape index (κ1) is 29.1. The van der Waals surface area contributed by atoms with Gasteiger partial charge in [-0.3, -0.25) is 19.6 Å². The SMILES string of the molecule is Cn1cnnc1-c1cnccc1-c1cc(NCCC2CC2)nc(N2Cc3c(cc(CN4CCC5(CC5)C4)cc3C(F)(F)F)C2=O)c1. The lowest BCUT2D eigenvalue weighted by Crippen LogP contribution is -2.24. The number of aromatic nitrogens is 5. The maximum absolute atomic E-state index is 14.5. The number of likely N-dealkylation sites (tertiary alicyclic amines) is 1. The molecule has 1 spiro atoms. The molecule has 2 saturated carbocycles. The smallest absolute Gasteiger partial charge is 0.370 e. The molecular weight excluding hydrogens is 593 g/mol. The minimum atomic E-state index is -4.59. The molecule has 1 amide bonds. The Balaban J connectivity index is 1.16. The van der Waals surface area contributed by atoms with Crippen molar-refractivity contribution in [2.45, 2.75) is 57.8 Å². The van der Waals surface area contributed by atoms with E-state index in [1.807, 2.05) is 19.2 Å². The molecule has 1 saturated heterocycles. The van der Waals surface area contributed by atoms with Crippen LogP contribution >= 0.6 is 0 Å². The summed E-state index contributed by atoms with van der Waals surface area (Å²) in [6.45, 7) is 2.68. The van der Waals surface area contributed by atoms with Crippen LogP contribution in [0.3, 0.4) is 0 Å². The maximum Gasteiger partial charge on any atom is 0.416 e. The molecule has 1 aromatic carbocycles. The molecule has 8 rings (SSSR count). The van der Waals surface area contributed by atoms with Gasteiger partial charge < -0.3 is 9.88 Å². The van der Waals surface area contributed by atoms with Gasteiger partial charge in [-0.05, 0) is 96.1 Å². The Morgan fingerprint density at radius 1 is 1.07 bits per heavy atom. The highest BCUT2D eigenvalue weighted by Crippen LogP contribution is 2.53. The van der Waals surface area contributed by atoms with Crippen LogP contribution in [0, 0.1) is 11.3 Å². The van der Waals surface area contributed by atoms with Crippen molar-refractivity contribution in [2.24, 2.45) is 18.4 Å². The van der Waals surface area contributed by atoms with Gasteiger partial charge in [-0.2, -0.15) is 13.2 Å². The summed E-state index contributed by atoms with van der Waals surface area (Å²) < 4.78 is 45.3. The van der Waals surface area contributed by atoms with E-state index in [1.54, 1.807) is 35.4 Å². The topological polar surface area (TPSA) is 92.1 Å². The van der Waals surface area contributed by atoms with Crippen LogP contribution in [0.4, 0.5) is 24.8 Å². The van der Waals surface area contributed by atoms with Crippen molar-refractivity contribution in [1.82, 2.24) is 29.6 Å². The van der Waals surface area contributed by atoms with Crippen molar-refractivity contribution in [3.63, 3.8) is 0 Å². The van der Waals surface area contributed by atoms with E-state index in [0.29, 0.717) is 47.4 Å². The fourth-order valence-electron chi connectivity index (χ4n) is 7.07. The van der Waals surface area contributed by atoms with Crippen LogP contribution in [-0.4, -0.2) is 55.2 Å². The number of alkyl halides is 3. The molecule has 9 nitrogen and oxygen atoms in total. The largest absolute Gasteiger partial charge is 0.416 e. The minimum absolute atomic E-state index is 0.000431. The summed E-state index contributed by atoms with van der Waals surface area (Å²) in [5.41, 5.74) is 2.51. The van der Waals surface area contributed by atoms with Crippen molar-refractivity contribution in [3.05, 3.63) is 71.3 Å². The normalized spacial score (nSPS) is 18.9. The number of nitrogens with zero attached hydrogens (tertiary/aromatic N) is 7. The molecule has 1 N–H and O–H groups in total. The summed E-state index contributed by atoms with van der Waals surface area (Å²) >= 11 is 0. The van der Waals surface area contributed by atoms with Crippen molar-refractivity contribution in [2.75, 3.05) is 29.9 Å². The Bertz CT molecular complexity index is 1830. The van der Waals surface area contributed by atoms with Gasteiger partial charge in [-0.15, -0.1) is 10.2 Å². The molecule has 2 aliphatic carbocycles. The van der Waals surface area contributed by atoms with Gasteiger partial charge >= 0.3 is 6.18 Å². The number of rotatable bonds is 9. The molecule has 3 fully saturated rings. The lowest BCUT2D eigenvalue weighted by atomic mass is 9.98. The zero-order valence-corrected chi connectivity index (χ0v) is 25.6. The van der Waals surface area contributed by atoms with Gasteiger partial charge in [0.1, 0.15) is 18.0 Å². The first-order valence-corrected chi connectivity index (χ1v) is 16.0. The van der Waals surface area contributed by atoms with Crippen molar-refractivity contribution >= 4 is 17.5 Å². The summed E-state index contributed by atoms with van der Waals surface area (Å²) in [6.07, 6.45) is 7.32. The van der Waals surface area contributed by atoms with Crippen LogP contribution in [0.1, 0.15) is 65.6 Å². The first-order valence-electron chi connectivity index (χ1n) is 16.0. The number of aryl methyl sites for hydroxylation is 1. The second-order valence-electron chi connectivity index (χ2n) is 13.5. The van der Waals surface area contributed by atoms with Gasteiger partial charge in [-0.1, -0.05) is 12.8 Å². The molecule has 46 heavy (non-hydrogen) atoms. The Labute approximate surface area is 264 Å². The molecule has 5 heterocycles. The van der Waals surface area contributed by atoms with Gasteiger partial charge in [0.25, 0.3) is 5.91 Å². The van der Waals surface area contributed by atoms with E-state index in [-0.39, 0.29) is 17.7 Å². The lowest BCUT2D eigenvalue weighted by molar-refractivity contribution is -0.138. The predicted molar refractivity (Wildman–Crippen MR) is 167 cm³/mol. The second kappa shape index (κ2) is 10.9. The summed E-state index contributed by atoms with van der Waals surface area (Å²) in [6, 6.07) is 8.43. The molecule has 4 aromatic rings. The van der Waals surface area contributed by atoms with Crippen molar-refractivity contribution in [1.29, 1.82) is 0 Å². The van der Waals surface area contributed by atoms with Crippen LogP contribution in [0.5, 0.6) is 0 Å². The summed E-state index contributed by atoms with van der Waals surface area (Å²) in [4.78, 5) is 26.7. The number of amides is 1. The third-order valence-corrected chi connectivity index (χ3v) is 10.0. The number of halogens is 3. The van der Waals surface area contributed by atoms with Crippen LogP contribution < -0.4 is 10.2 Å². The highest BCUT2D eigenvalue weighted by molar-refractivity contribution is 6.10. The predicted octanol–water partition coefficient (Wildman–Crippen LogP) is 6.32. The van der Waals surface area contributed by atoms with E-state index in [9.17, 15) is 18.0 Å². The number of anilines is 2. The molecule has 0 radical (unpaired) electrons. The molecule has 0 bridgehead atoms. The number of hydrogen-bond donors (Lipinski definition) is 1. The molecule has 238 valence electrons. The number of benzene rings is 1. The zero-order chi connectivity index (χ0) is 31.6. The van der Waals surface area contributed by atoms with Crippen LogP contribution in [0.25, 0.3) is 22.5 Å². The molecule has 2 aliphatic heterocycles. The van der Waals surface area contributed by atoms with Gasteiger partial charge in [0.2, 0.25) is 0 Å². The van der Waals surface area contributed by atoms with E-state index in [2.05, 4.69) is 25.4 Å². The van der Waals surface area contributed by atoms with Crippen molar-refractivity contribution in [3.8, 4) is 22.5 Å². The monoisotopic (exact) mass is 628 g/mol. The number of pyridine rings is 2. The Morgan fingerprint density at radius 3 is 2.63 bits per heavy atom. The third kappa shape index (κ3) is 5.52. The first-order chi connectivity index (χ1) is 22.2. The third-order valence-electron chi connectivity index (χ3n) is 10.0. The summed E-state index contributed by atoms with van der Waals surface area (Å²) in [7, 11) is 1.84. The van der Waals surface area contributed by atoms with Crippen molar-refractivity contribution < 1.29 is 18.0 Å². The zero-order valence-electron chi connectivity index (χ0n) is 25.6. The lowest BCUT2D eigenvalue weighted by Gasteiger charge is -2.19. The fraction of sp³-hybridized carbons (Fsp3) is 0.441. The Kier molecular flexibility index (Phi) is 6.89. The average molecular weight is 629 g/mol. The van der Waals surface area contributed by atoms with Gasteiger partial charge in [0.15, 0.2) is 5.82 Å². The van der Waals surface area contributed by atoms with E-state index >= 15 is 0 Å². The maximum atomic E-state index is 14.5. The quantitative estimate of drug-likeness (QED) is 0.232. The number of nitrogens with one attached hydrogen (secondary N) is 1. The Hall–Kier alpha value is -4.32. The van der Waals surface area contributed by atoms with E-state index in [1.165, 1.54) is 36.6 Å². The van der Waals surface area contributed by atoms with E-state index < -0.39 is 17.6 Å². The standard InChI is InChI=1S/C34H35F3N8O/c1-43-20-40-42-31(43)26-16-38-9-5-24(26)23-14-29(39-10-4-21-2-3-21)41-30(15-23)45-18-27-25(32(45)46)12-22(13-28(27)34(35,36)37)17-44-11-8-33(19-44)6-7-33/h5,9,12-16,20-21H,2-4,6-8,10-11,17-19H2,1H3,(H,39,41). The molecule has 4 aliphatic rings. The van der Waals surface area contributed by atoms with Crippen LogP contribution in [-0.2, 0) is 26.3 Å². The minimum Gasteiger partial charge on any atom is -0.370 e. The number of carbonyl (C=O) groups excluding carboxylic acids is 1. The molecule has 0 unspecified atom stereocenters. The van der Waals surface area contributed by atoms with Gasteiger partial charge in [0, 0.05) is 50.2 Å². The fourth-order valence-corrected chi connectivity index (χ4v) is 7.07. The number of fused-ring (bicyclic) bond motifs is 1. The molecule has 3 aromatic heterocycles. The average Bonchev–Trinajstić information content (AvgIpc) is 3.89. The second-order valence-corrected chi connectivity index (χ2v) is 13.5. The molecular formula is C34H35F3N8O. The highest BCUT2D eigenvalue weighted by atomic mass is 19.4. The molecule has 12 heteroatoms.